The zero-order chi connectivity index (χ0) is 12.4. The fourth-order valence-electron chi connectivity index (χ4n) is 4.46. The van der Waals surface area contributed by atoms with E-state index in [-0.39, 0.29) is 12.0 Å². The summed E-state index contributed by atoms with van der Waals surface area (Å²) >= 11 is 0. The highest BCUT2D eigenvalue weighted by Crippen LogP contribution is 2.68. The lowest BCUT2D eigenvalue weighted by molar-refractivity contribution is -0.115. The predicted molar refractivity (Wildman–Crippen MR) is 66.4 cm³/mol. The van der Waals surface area contributed by atoms with Crippen molar-refractivity contribution in [1.82, 2.24) is 0 Å². The number of hydrogen-bond donors (Lipinski definition) is 1. The van der Waals surface area contributed by atoms with Crippen molar-refractivity contribution in [2.45, 2.75) is 40.0 Å². The normalized spacial score (nSPS) is 48.8. The Kier molecular flexibility index (Phi) is 2.32. The standard InChI is InChI=1S/C15H22O2/c1-8-4-5-11-14(15(11,3)7-16)13-9(2)12(17)6-10(8)13/h8,10-11,14,16H,4-7H2,1-3H3. The highest BCUT2D eigenvalue weighted by atomic mass is 16.3. The van der Waals surface area contributed by atoms with Crippen LogP contribution in [0.4, 0.5) is 0 Å². The molecule has 2 nitrogen and oxygen atoms in total. The summed E-state index contributed by atoms with van der Waals surface area (Å²) in [5, 5.41) is 9.62. The van der Waals surface area contributed by atoms with E-state index in [1.54, 1.807) is 0 Å². The SMILES string of the molecule is CC1=C2C(CC1=O)C(C)CCC1C2C1(C)CO. The molecule has 0 radical (unpaired) electrons. The number of carbonyl (C=O) groups excluding carboxylic acids is 1. The monoisotopic (exact) mass is 234 g/mol. The Labute approximate surface area is 103 Å². The highest BCUT2D eigenvalue weighted by molar-refractivity contribution is 5.99. The minimum atomic E-state index is 0.0691. The van der Waals surface area contributed by atoms with Crippen LogP contribution >= 0.6 is 0 Å². The van der Waals surface area contributed by atoms with Crippen molar-refractivity contribution in [2.24, 2.45) is 29.1 Å². The quantitative estimate of drug-likeness (QED) is 0.757. The number of aliphatic hydroxyl groups is 1. The van der Waals surface area contributed by atoms with E-state index < -0.39 is 0 Å². The topological polar surface area (TPSA) is 37.3 Å². The van der Waals surface area contributed by atoms with Gasteiger partial charge in [0, 0.05) is 18.4 Å². The van der Waals surface area contributed by atoms with Gasteiger partial charge in [0.2, 0.25) is 0 Å². The molecule has 0 aliphatic heterocycles. The van der Waals surface area contributed by atoms with E-state index in [9.17, 15) is 9.90 Å². The van der Waals surface area contributed by atoms with Crippen molar-refractivity contribution in [1.29, 1.82) is 0 Å². The van der Waals surface area contributed by atoms with E-state index in [0.29, 0.717) is 29.5 Å². The Hall–Kier alpha value is -0.630. The summed E-state index contributed by atoms with van der Waals surface area (Å²) in [5.74, 6) is 2.59. The van der Waals surface area contributed by atoms with Gasteiger partial charge in [0.25, 0.3) is 0 Å². The summed E-state index contributed by atoms with van der Waals surface area (Å²) in [6, 6.07) is 0. The van der Waals surface area contributed by atoms with Crippen molar-refractivity contribution in [3.8, 4) is 0 Å². The lowest BCUT2D eigenvalue weighted by atomic mass is 9.82. The maximum absolute atomic E-state index is 11.9. The van der Waals surface area contributed by atoms with Gasteiger partial charge in [-0.1, -0.05) is 19.4 Å². The van der Waals surface area contributed by atoms with Crippen LogP contribution in [0.25, 0.3) is 0 Å². The third kappa shape index (κ3) is 1.33. The molecule has 0 saturated heterocycles. The number of allylic oxidation sites excluding steroid dienone is 2. The first kappa shape index (κ1) is 11.5. The molecule has 17 heavy (non-hydrogen) atoms. The number of fused-ring (bicyclic) bond motifs is 3. The molecule has 0 aromatic heterocycles. The van der Waals surface area contributed by atoms with E-state index >= 15 is 0 Å². The summed E-state index contributed by atoms with van der Waals surface area (Å²) in [4.78, 5) is 11.9. The first-order chi connectivity index (χ1) is 8.00. The van der Waals surface area contributed by atoms with Crippen LogP contribution in [0, 0.1) is 29.1 Å². The molecule has 0 aromatic rings. The average Bonchev–Trinajstić information content (AvgIpc) is 2.83. The molecular formula is C15H22O2. The summed E-state index contributed by atoms with van der Waals surface area (Å²) < 4.78 is 0. The van der Waals surface area contributed by atoms with Gasteiger partial charge in [0.15, 0.2) is 5.78 Å². The van der Waals surface area contributed by atoms with Gasteiger partial charge < -0.3 is 5.11 Å². The zero-order valence-corrected chi connectivity index (χ0v) is 11.0. The molecule has 5 atom stereocenters. The van der Waals surface area contributed by atoms with Crippen LogP contribution in [-0.2, 0) is 4.79 Å². The van der Waals surface area contributed by atoms with Crippen LogP contribution in [0.5, 0.6) is 0 Å². The number of hydrogen-bond acceptors (Lipinski definition) is 2. The molecule has 0 amide bonds. The number of Topliss-reactive ketones (excluding diaryl/α,β-unsaturated/α-hetero) is 1. The summed E-state index contributed by atoms with van der Waals surface area (Å²) in [6.45, 7) is 6.76. The van der Waals surface area contributed by atoms with Crippen LogP contribution in [0.2, 0.25) is 0 Å². The number of ketones is 1. The lowest BCUT2D eigenvalue weighted by Crippen LogP contribution is -2.16. The van der Waals surface area contributed by atoms with E-state index in [4.69, 9.17) is 0 Å². The first-order valence-corrected chi connectivity index (χ1v) is 6.85. The van der Waals surface area contributed by atoms with Crippen molar-refractivity contribution < 1.29 is 9.90 Å². The fraction of sp³-hybridized carbons (Fsp3) is 0.800. The third-order valence-electron chi connectivity index (χ3n) is 5.80. The molecule has 0 bridgehead atoms. The molecule has 2 heteroatoms. The van der Waals surface area contributed by atoms with Crippen LogP contribution in [0.3, 0.4) is 0 Å². The van der Waals surface area contributed by atoms with Crippen molar-refractivity contribution in [2.75, 3.05) is 6.61 Å². The Morgan fingerprint density at radius 2 is 2.12 bits per heavy atom. The minimum absolute atomic E-state index is 0.0691. The van der Waals surface area contributed by atoms with Crippen LogP contribution in [-0.4, -0.2) is 17.5 Å². The Bertz CT molecular complexity index is 409. The summed E-state index contributed by atoms with van der Waals surface area (Å²) in [7, 11) is 0. The second-order valence-corrected chi connectivity index (χ2v) is 6.62. The van der Waals surface area contributed by atoms with Gasteiger partial charge in [-0.2, -0.15) is 0 Å². The van der Waals surface area contributed by atoms with Gasteiger partial charge in [-0.05, 0) is 49.0 Å². The summed E-state index contributed by atoms with van der Waals surface area (Å²) in [5.41, 5.74) is 2.51. The predicted octanol–water partition coefficient (Wildman–Crippen LogP) is 2.57. The average molecular weight is 234 g/mol. The maximum atomic E-state index is 11.9. The molecule has 0 spiro atoms. The minimum Gasteiger partial charge on any atom is -0.396 e. The number of rotatable bonds is 1. The zero-order valence-electron chi connectivity index (χ0n) is 11.0. The summed E-state index contributed by atoms with van der Waals surface area (Å²) in [6.07, 6.45) is 3.17. The largest absolute Gasteiger partial charge is 0.396 e. The van der Waals surface area contributed by atoms with Gasteiger partial charge in [-0.15, -0.1) is 0 Å². The van der Waals surface area contributed by atoms with Crippen molar-refractivity contribution in [3.05, 3.63) is 11.1 Å². The molecule has 0 heterocycles. The second kappa shape index (κ2) is 3.44. The van der Waals surface area contributed by atoms with E-state index in [2.05, 4.69) is 13.8 Å². The van der Waals surface area contributed by atoms with Gasteiger partial charge in [0.1, 0.15) is 0 Å². The van der Waals surface area contributed by atoms with Crippen molar-refractivity contribution in [3.63, 3.8) is 0 Å². The molecule has 94 valence electrons. The van der Waals surface area contributed by atoms with Crippen LogP contribution in [0.15, 0.2) is 11.1 Å². The highest BCUT2D eigenvalue weighted by Gasteiger charge is 2.65. The van der Waals surface area contributed by atoms with Gasteiger partial charge in [-0.25, -0.2) is 0 Å². The van der Waals surface area contributed by atoms with E-state index in [1.807, 2.05) is 6.92 Å². The molecule has 2 saturated carbocycles. The van der Waals surface area contributed by atoms with E-state index in [1.165, 1.54) is 18.4 Å². The molecule has 1 N–H and O–H groups in total. The fourth-order valence-corrected chi connectivity index (χ4v) is 4.46. The van der Waals surface area contributed by atoms with Crippen molar-refractivity contribution >= 4 is 5.78 Å². The number of carbonyl (C=O) groups is 1. The molecule has 3 rings (SSSR count). The Balaban J connectivity index is 2.03. The lowest BCUT2D eigenvalue weighted by Gasteiger charge is -2.23. The molecule has 2 fully saturated rings. The maximum Gasteiger partial charge on any atom is 0.159 e. The molecule has 3 aliphatic rings. The molecule has 5 unspecified atom stereocenters. The first-order valence-electron chi connectivity index (χ1n) is 6.85. The van der Waals surface area contributed by atoms with E-state index in [0.717, 1.165) is 12.0 Å². The second-order valence-electron chi connectivity index (χ2n) is 6.62. The Morgan fingerprint density at radius 3 is 2.76 bits per heavy atom. The van der Waals surface area contributed by atoms with Gasteiger partial charge in [0.05, 0.1) is 0 Å². The molecule has 0 aromatic carbocycles. The van der Waals surface area contributed by atoms with Gasteiger partial charge >= 0.3 is 0 Å². The smallest absolute Gasteiger partial charge is 0.159 e. The van der Waals surface area contributed by atoms with Crippen LogP contribution < -0.4 is 0 Å². The molecular weight excluding hydrogens is 212 g/mol. The third-order valence-corrected chi connectivity index (χ3v) is 5.80. The van der Waals surface area contributed by atoms with Crippen LogP contribution in [0.1, 0.15) is 40.0 Å². The Morgan fingerprint density at radius 1 is 1.41 bits per heavy atom. The van der Waals surface area contributed by atoms with Gasteiger partial charge in [-0.3, -0.25) is 4.79 Å². The number of aliphatic hydroxyl groups excluding tert-OH is 1. The molecule has 3 aliphatic carbocycles.